The van der Waals surface area contributed by atoms with E-state index in [0.29, 0.717) is 0 Å². The zero-order valence-corrected chi connectivity index (χ0v) is 6.35. The molecule has 1 aromatic heterocycles. The van der Waals surface area contributed by atoms with Crippen molar-refractivity contribution in [3.8, 4) is 0 Å². The molecule has 0 atom stereocenters. The number of rotatable bonds is 2. The fraction of sp³-hybridized carbons (Fsp3) is 0.500. The van der Waals surface area contributed by atoms with E-state index in [1.807, 2.05) is 13.8 Å². The van der Waals surface area contributed by atoms with Gasteiger partial charge in [0, 0.05) is 0 Å². The highest BCUT2D eigenvalue weighted by molar-refractivity contribution is 5.84. The molecule has 0 aliphatic carbocycles. The van der Waals surface area contributed by atoms with Crippen molar-refractivity contribution in [1.82, 2.24) is 15.0 Å². The minimum absolute atomic E-state index is 0.0151. The van der Waals surface area contributed by atoms with Crippen molar-refractivity contribution in [3.63, 3.8) is 0 Å². The molecule has 0 aromatic carbocycles. The molecule has 0 bridgehead atoms. The molecule has 0 spiro atoms. The molecule has 1 N–H and O–H groups in total. The molecule has 0 amide bonds. The smallest absolute Gasteiger partial charge is 0.358 e. The molecular weight excluding hydrogens is 146 g/mol. The average molecular weight is 155 g/mol. The molecule has 0 saturated heterocycles. The van der Waals surface area contributed by atoms with E-state index in [1.165, 1.54) is 11.0 Å². The standard InChI is InChI=1S/C6H9N3O2/c1-4(2)9-7-3-5(8-9)6(10)11/h3-4H,1-2H3,(H,10,11). The minimum atomic E-state index is -1.04. The predicted molar refractivity (Wildman–Crippen MR) is 37.4 cm³/mol. The molecule has 0 aliphatic rings. The van der Waals surface area contributed by atoms with Gasteiger partial charge in [0.1, 0.15) is 0 Å². The minimum Gasteiger partial charge on any atom is -0.476 e. The van der Waals surface area contributed by atoms with E-state index in [0.717, 1.165) is 0 Å². The molecular formula is C6H9N3O2. The number of carboxylic acids is 1. The number of hydrogen-bond acceptors (Lipinski definition) is 3. The highest BCUT2D eigenvalue weighted by atomic mass is 16.4. The molecule has 5 nitrogen and oxygen atoms in total. The summed E-state index contributed by atoms with van der Waals surface area (Å²) in [4.78, 5) is 11.7. The van der Waals surface area contributed by atoms with Crippen LogP contribution in [0.3, 0.4) is 0 Å². The van der Waals surface area contributed by atoms with Gasteiger partial charge in [-0.2, -0.15) is 9.90 Å². The number of hydrogen-bond donors (Lipinski definition) is 1. The molecule has 0 unspecified atom stereocenters. The molecule has 1 heterocycles. The Labute approximate surface area is 63.6 Å². The van der Waals surface area contributed by atoms with Crippen molar-refractivity contribution in [2.75, 3.05) is 0 Å². The third kappa shape index (κ3) is 1.54. The number of aromatic carboxylic acids is 1. The largest absolute Gasteiger partial charge is 0.476 e. The summed E-state index contributed by atoms with van der Waals surface area (Å²) < 4.78 is 0. The first-order chi connectivity index (χ1) is 5.11. The van der Waals surface area contributed by atoms with Crippen molar-refractivity contribution in [2.24, 2.45) is 0 Å². The Hall–Kier alpha value is -1.39. The van der Waals surface area contributed by atoms with E-state index < -0.39 is 5.97 Å². The maximum atomic E-state index is 10.3. The first-order valence-electron chi connectivity index (χ1n) is 3.26. The number of carbonyl (C=O) groups is 1. The predicted octanol–water partition coefficient (Wildman–Crippen LogP) is 0.557. The van der Waals surface area contributed by atoms with E-state index in [-0.39, 0.29) is 11.7 Å². The molecule has 60 valence electrons. The summed E-state index contributed by atoms with van der Waals surface area (Å²) in [5.41, 5.74) is -0.0151. The van der Waals surface area contributed by atoms with Crippen molar-refractivity contribution < 1.29 is 9.90 Å². The summed E-state index contributed by atoms with van der Waals surface area (Å²) >= 11 is 0. The Bertz CT molecular complexity index is 267. The fourth-order valence-electron chi connectivity index (χ4n) is 0.623. The van der Waals surface area contributed by atoms with Gasteiger partial charge in [0.15, 0.2) is 5.69 Å². The highest BCUT2D eigenvalue weighted by Gasteiger charge is 2.08. The lowest BCUT2D eigenvalue weighted by molar-refractivity contribution is 0.0689. The monoisotopic (exact) mass is 155 g/mol. The van der Waals surface area contributed by atoms with Crippen LogP contribution < -0.4 is 0 Å². The van der Waals surface area contributed by atoms with Crippen LogP contribution in [-0.4, -0.2) is 26.1 Å². The summed E-state index contributed by atoms with van der Waals surface area (Å²) in [6.45, 7) is 3.76. The average Bonchev–Trinajstić information content (AvgIpc) is 2.33. The normalized spacial score (nSPS) is 10.5. The summed E-state index contributed by atoms with van der Waals surface area (Å²) in [6, 6.07) is 0.100. The molecule has 1 aromatic rings. The van der Waals surface area contributed by atoms with E-state index >= 15 is 0 Å². The van der Waals surface area contributed by atoms with Crippen molar-refractivity contribution in [2.45, 2.75) is 19.9 Å². The topological polar surface area (TPSA) is 68.0 Å². The van der Waals surface area contributed by atoms with Crippen LogP contribution in [0.25, 0.3) is 0 Å². The van der Waals surface area contributed by atoms with Gasteiger partial charge in [-0.15, -0.1) is 5.10 Å². The third-order valence-electron chi connectivity index (χ3n) is 1.19. The Morgan fingerprint density at radius 1 is 1.73 bits per heavy atom. The highest BCUT2D eigenvalue weighted by Crippen LogP contribution is 1.99. The summed E-state index contributed by atoms with van der Waals surface area (Å²) in [6.07, 6.45) is 1.24. The number of carboxylic acid groups (broad SMARTS) is 1. The zero-order valence-electron chi connectivity index (χ0n) is 6.35. The number of nitrogens with zero attached hydrogens (tertiary/aromatic N) is 3. The lowest BCUT2D eigenvalue weighted by Crippen LogP contribution is -2.06. The van der Waals surface area contributed by atoms with Crippen LogP contribution in [-0.2, 0) is 0 Å². The molecule has 0 radical (unpaired) electrons. The van der Waals surface area contributed by atoms with Crippen LogP contribution in [0, 0.1) is 0 Å². The van der Waals surface area contributed by atoms with Crippen LogP contribution in [0.2, 0.25) is 0 Å². The van der Waals surface area contributed by atoms with Gasteiger partial charge >= 0.3 is 5.97 Å². The quantitative estimate of drug-likeness (QED) is 0.677. The van der Waals surface area contributed by atoms with Gasteiger partial charge in [-0.05, 0) is 13.8 Å². The third-order valence-corrected chi connectivity index (χ3v) is 1.19. The van der Waals surface area contributed by atoms with Gasteiger partial charge in [0.2, 0.25) is 0 Å². The second-order valence-electron chi connectivity index (χ2n) is 2.45. The van der Waals surface area contributed by atoms with Gasteiger partial charge in [-0.1, -0.05) is 0 Å². The molecule has 0 fully saturated rings. The van der Waals surface area contributed by atoms with E-state index in [1.54, 1.807) is 0 Å². The second-order valence-corrected chi connectivity index (χ2v) is 2.45. The Kier molecular flexibility index (Phi) is 1.89. The summed E-state index contributed by atoms with van der Waals surface area (Å²) in [7, 11) is 0. The molecule has 0 saturated carbocycles. The van der Waals surface area contributed by atoms with Crippen LogP contribution in [0.15, 0.2) is 6.20 Å². The van der Waals surface area contributed by atoms with E-state index in [2.05, 4.69) is 10.2 Å². The summed E-state index contributed by atoms with van der Waals surface area (Å²) in [5, 5.41) is 15.9. The zero-order chi connectivity index (χ0) is 8.43. The lowest BCUT2D eigenvalue weighted by atomic mass is 10.4. The van der Waals surface area contributed by atoms with Gasteiger partial charge in [-0.3, -0.25) is 0 Å². The van der Waals surface area contributed by atoms with Gasteiger partial charge in [0.25, 0.3) is 0 Å². The van der Waals surface area contributed by atoms with E-state index in [4.69, 9.17) is 5.11 Å². The van der Waals surface area contributed by atoms with Crippen LogP contribution in [0.5, 0.6) is 0 Å². The van der Waals surface area contributed by atoms with Crippen molar-refractivity contribution in [1.29, 1.82) is 0 Å². The Balaban J connectivity index is 2.90. The van der Waals surface area contributed by atoms with Crippen LogP contribution in [0.1, 0.15) is 30.4 Å². The molecule has 1 rings (SSSR count). The first kappa shape index (κ1) is 7.71. The fourth-order valence-corrected chi connectivity index (χ4v) is 0.623. The lowest BCUT2D eigenvalue weighted by Gasteiger charge is -1.99. The maximum absolute atomic E-state index is 10.3. The van der Waals surface area contributed by atoms with Gasteiger partial charge in [0.05, 0.1) is 12.2 Å². The summed E-state index contributed by atoms with van der Waals surface area (Å²) in [5.74, 6) is -1.04. The molecule has 0 aliphatic heterocycles. The van der Waals surface area contributed by atoms with Gasteiger partial charge < -0.3 is 5.11 Å². The van der Waals surface area contributed by atoms with Crippen molar-refractivity contribution in [3.05, 3.63) is 11.9 Å². The van der Waals surface area contributed by atoms with Crippen LogP contribution >= 0.6 is 0 Å². The Morgan fingerprint density at radius 2 is 2.36 bits per heavy atom. The molecule has 5 heteroatoms. The molecule has 11 heavy (non-hydrogen) atoms. The van der Waals surface area contributed by atoms with Gasteiger partial charge in [-0.25, -0.2) is 4.79 Å². The SMILES string of the molecule is CC(C)n1ncc(C(=O)O)n1. The van der Waals surface area contributed by atoms with E-state index in [9.17, 15) is 4.79 Å². The first-order valence-corrected chi connectivity index (χ1v) is 3.26. The second kappa shape index (κ2) is 2.69. The number of aromatic nitrogens is 3. The maximum Gasteiger partial charge on any atom is 0.358 e. The van der Waals surface area contributed by atoms with Crippen LogP contribution in [0.4, 0.5) is 0 Å². The van der Waals surface area contributed by atoms with Crippen molar-refractivity contribution >= 4 is 5.97 Å². The Morgan fingerprint density at radius 3 is 2.64 bits per heavy atom.